The van der Waals surface area contributed by atoms with E-state index in [1.165, 1.54) is 12.8 Å². The van der Waals surface area contributed by atoms with E-state index in [1.54, 1.807) is 6.33 Å². The molecule has 1 aromatic heterocycles. The number of piperidine rings is 1. The van der Waals surface area contributed by atoms with Gasteiger partial charge in [-0.1, -0.05) is 0 Å². The Morgan fingerprint density at radius 1 is 1.57 bits per heavy atom. The Bertz CT molecular complexity index is 250. The molecule has 0 unspecified atom stereocenters. The van der Waals surface area contributed by atoms with Gasteiger partial charge in [0.05, 0.1) is 0 Å². The molecule has 1 aliphatic rings. The molecule has 78 valence electrons. The van der Waals surface area contributed by atoms with Crippen LogP contribution in [0.2, 0.25) is 0 Å². The predicted molar refractivity (Wildman–Crippen MR) is 55.2 cm³/mol. The zero-order valence-corrected chi connectivity index (χ0v) is 8.53. The molecule has 0 aromatic carbocycles. The number of nitrogens with zero attached hydrogens (tertiary/aromatic N) is 3. The van der Waals surface area contributed by atoms with E-state index < -0.39 is 0 Å². The Hall–Kier alpha value is -1.10. The quantitative estimate of drug-likeness (QED) is 0.725. The van der Waals surface area contributed by atoms with Gasteiger partial charge in [0.1, 0.15) is 6.33 Å². The minimum Gasteiger partial charge on any atom is -0.341 e. The molecule has 0 saturated carbocycles. The van der Waals surface area contributed by atoms with Gasteiger partial charge in [-0.3, -0.25) is 0 Å². The zero-order chi connectivity index (χ0) is 9.80. The van der Waals surface area contributed by atoms with Crippen LogP contribution in [0.1, 0.15) is 12.8 Å². The summed E-state index contributed by atoms with van der Waals surface area (Å²) in [5.41, 5.74) is 0. The summed E-state index contributed by atoms with van der Waals surface area (Å²) in [5.74, 6) is 1.73. The molecule has 14 heavy (non-hydrogen) atoms. The van der Waals surface area contributed by atoms with Crippen molar-refractivity contribution in [3.63, 3.8) is 0 Å². The van der Waals surface area contributed by atoms with Gasteiger partial charge in [0.15, 0.2) is 0 Å². The summed E-state index contributed by atoms with van der Waals surface area (Å²) in [6, 6.07) is 0. The Kier molecular flexibility index (Phi) is 2.98. The molecular formula is C9H17N5. The first-order valence-electron chi connectivity index (χ1n) is 5.15. The van der Waals surface area contributed by atoms with Crippen molar-refractivity contribution in [3.8, 4) is 0 Å². The van der Waals surface area contributed by atoms with Gasteiger partial charge in [-0.25, -0.2) is 5.10 Å². The molecule has 0 amide bonds. The summed E-state index contributed by atoms with van der Waals surface area (Å²) in [6.45, 7) is 3.30. The summed E-state index contributed by atoms with van der Waals surface area (Å²) in [5, 5.41) is 10.00. The second-order valence-electron chi connectivity index (χ2n) is 3.80. The molecule has 2 N–H and O–H groups in total. The second-order valence-corrected chi connectivity index (χ2v) is 3.80. The molecular weight excluding hydrogens is 178 g/mol. The molecule has 0 aliphatic carbocycles. The average Bonchev–Trinajstić information content (AvgIpc) is 2.72. The van der Waals surface area contributed by atoms with Crippen molar-refractivity contribution < 1.29 is 0 Å². The average molecular weight is 195 g/mol. The van der Waals surface area contributed by atoms with E-state index >= 15 is 0 Å². The fraction of sp³-hybridized carbons (Fsp3) is 0.778. The number of aromatic nitrogens is 3. The maximum absolute atomic E-state index is 4.15. The van der Waals surface area contributed by atoms with E-state index in [2.05, 4.69) is 25.4 Å². The van der Waals surface area contributed by atoms with Gasteiger partial charge in [-0.05, 0) is 32.4 Å². The lowest BCUT2D eigenvalue weighted by Gasteiger charge is -2.31. The van der Waals surface area contributed by atoms with Crippen LogP contribution in [-0.2, 0) is 0 Å². The van der Waals surface area contributed by atoms with Crippen LogP contribution in [0.3, 0.4) is 0 Å². The van der Waals surface area contributed by atoms with Gasteiger partial charge >= 0.3 is 0 Å². The third kappa shape index (κ3) is 2.04. The Labute approximate surface area is 83.9 Å². The molecule has 0 atom stereocenters. The molecule has 0 spiro atoms. The number of hydrogen-bond donors (Lipinski definition) is 2. The van der Waals surface area contributed by atoms with E-state index in [1.807, 2.05) is 7.05 Å². The van der Waals surface area contributed by atoms with Gasteiger partial charge in [0, 0.05) is 13.1 Å². The Morgan fingerprint density at radius 3 is 2.93 bits per heavy atom. The SMILES string of the molecule is CNCC1CCN(c2ncn[nH]2)CC1. The molecule has 5 nitrogen and oxygen atoms in total. The highest BCUT2D eigenvalue weighted by molar-refractivity contribution is 5.27. The van der Waals surface area contributed by atoms with Crippen LogP contribution in [0.5, 0.6) is 0 Å². The molecule has 1 saturated heterocycles. The van der Waals surface area contributed by atoms with Crippen molar-refractivity contribution in [2.24, 2.45) is 5.92 Å². The van der Waals surface area contributed by atoms with Gasteiger partial charge in [0.2, 0.25) is 5.95 Å². The van der Waals surface area contributed by atoms with Crippen molar-refractivity contribution in [1.29, 1.82) is 0 Å². The molecule has 1 fully saturated rings. The molecule has 2 heterocycles. The summed E-state index contributed by atoms with van der Waals surface area (Å²) in [4.78, 5) is 6.42. The fourth-order valence-electron chi connectivity index (χ4n) is 1.99. The number of anilines is 1. The van der Waals surface area contributed by atoms with E-state index in [9.17, 15) is 0 Å². The topological polar surface area (TPSA) is 56.8 Å². The van der Waals surface area contributed by atoms with Gasteiger partial charge < -0.3 is 10.2 Å². The van der Waals surface area contributed by atoms with Crippen LogP contribution in [0, 0.1) is 5.92 Å². The minimum atomic E-state index is 0.819. The number of H-pyrrole nitrogens is 1. The van der Waals surface area contributed by atoms with Crippen LogP contribution in [0.25, 0.3) is 0 Å². The standard InChI is InChI=1S/C9H17N5/c1-10-6-8-2-4-14(5-3-8)9-11-7-12-13-9/h7-8,10H,2-6H2,1H3,(H,11,12,13). The molecule has 5 heteroatoms. The summed E-state index contributed by atoms with van der Waals surface area (Å²) >= 11 is 0. The zero-order valence-electron chi connectivity index (χ0n) is 8.53. The molecule has 0 bridgehead atoms. The number of nitrogens with one attached hydrogen (secondary N) is 2. The molecule has 1 aliphatic heterocycles. The summed E-state index contributed by atoms with van der Waals surface area (Å²) < 4.78 is 0. The van der Waals surface area contributed by atoms with Crippen LogP contribution in [-0.4, -0.2) is 41.9 Å². The van der Waals surface area contributed by atoms with Crippen LogP contribution >= 0.6 is 0 Å². The highest BCUT2D eigenvalue weighted by Gasteiger charge is 2.19. The van der Waals surface area contributed by atoms with E-state index in [-0.39, 0.29) is 0 Å². The first kappa shape index (κ1) is 9.45. The summed E-state index contributed by atoms with van der Waals surface area (Å²) in [6.07, 6.45) is 4.04. The van der Waals surface area contributed by atoms with Crippen LogP contribution in [0.4, 0.5) is 5.95 Å². The third-order valence-electron chi connectivity index (χ3n) is 2.81. The third-order valence-corrected chi connectivity index (χ3v) is 2.81. The highest BCUT2D eigenvalue weighted by atomic mass is 15.3. The van der Waals surface area contributed by atoms with E-state index in [4.69, 9.17) is 0 Å². The molecule has 1 aromatic rings. The smallest absolute Gasteiger partial charge is 0.221 e. The van der Waals surface area contributed by atoms with Gasteiger partial charge in [0.25, 0.3) is 0 Å². The normalized spacial score (nSPS) is 18.8. The molecule has 2 rings (SSSR count). The fourth-order valence-corrected chi connectivity index (χ4v) is 1.99. The van der Waals surface area contributed by atoms with E-state index in [0.717, 1.165) is 31.5 Å². The predicted octanol–water partition coefficient (Wildman–Crippen LogP) is 0.240. The van der Waals surface area contributed by atoms with Crippen LogP contribution in [0.15, 0.2) is 6.33 Å². The van der Waals surface area contributed by atoms with Crippen molar-refractivity contribution in [3.05, 3.63) is 6.33 Å². The lowest BCUT2D eigenvalue weighted by Crippen LogP contribution is -2.37. The Morgan fingerprint density at radius 2 is 2.36 bits per heavy atom. The van der Waals surface area contributed by atoms with Crippen molar-refractivity contribution in [1.82, 2.24) is 20.5 Å². The maximum Gasteiger partial charge on any atom is 0.221 e. The van der Waals surface area contributed by atoms with Crippen molar-refractivity contribution in [2.75, 3.05) is 31.6 Å². The second kappa shape index (κ2) is 4.41. The van der Waals surface area contributed by atoms with E-state index in [0.29, 0.717) is 0 Å². The number of aromatic amines is 1. The minimum absolute atomic E-state index is 0.819. The first-order valence-corrected chi connectivity index (χ1v) is 5.15. The first-order chi connectivity index (χ1) is 6.90. The number of hydrogen-bond acceptors (Lipinski definition) is 4. The monoisotopic (exact) mass is 195 g/mol. The largest absolute Gasteiger partial charge is 0.341 e. The Balaban J connectivity index is 1.84. The summed E-state index contributed by atoms with van der Waals surface area (Å²) in [7, 11) is 2.02. The maximum atomic E-state index is 4.15. The number of rotatable bonds is 3. The lowest BCUT2D eigenvalue weighted by atomic mass is 9.97. The van der Waals surface area contributed by atoms with Crippen molar-refractivity contribution in [2.45, 2.75) is 12.8 Å². The highest BCUT2D eigenvalue weighted by Crippen LogP contribution is 2.19. The van der Waals surface area contributed by atoms with Gasteiger partial charge in [-0.2, -0.15) is 10.1 Å². The van der Waals surface area contributed by atoms with Crippen molar-refractivity contribution >= 4 is 5.95 Å². The van der Waals surface area contributed by atoms with Crippen LogP contribution < -0.4 is 10.2 Å². The molecule has 0 radical (unpaired) electrons. The van der Waals surface area contributed by atoms with Gasteiger partial charge in [-0.15, -0.1) is 0 Å². The lowest BCUT2D eigenvalue weighted by molar-refractivity contribution is 0.391.